The van der Waals surface area contributed by atoms with E-state index in [0.717, 1.165) is 24.5 Å². The second-order valence-electron chi connectivity index (χ2n) is 6.23. The van der Waals surface area contributed by atoms with Gasteiger partial charge in [-0.15, -0.1) is 24.8 Å². The Labute approximate surface area is 171 Å². The van der Waals surface area contributed by atoms with E-state index in [0.29, 0.717) is 17.5 Å². The molecule has 0 aliphatic carbocycles. The van der Waals surface area contributed by atoms with Crippen LogP contribution < -0.4 is 16.0 Å². The molecule has 1 saturated heterocycles. The number of benzene rings is 2. The molecule has 0 aromatic heterocycles. The molecule has 0 spiro atoms. The zero-order valence-electron chi connectivity index (χ0n) is 14.5. The number of rotatable bonds is 6. The van der Waals surface area contributed by atoms with Gasteiger partial charge in [0.25, 0.3) is 0 Å². The Bertz CT molecular complexity index is 708. The van der Waals surface area contributed by atoms with Crippen molar-refractivity contribution in [2.45, 2.75) is 13.5 Å². The van der Waals surface area contributed by atoms with Gasteiger partial charge in [0, 0.05) is 17.5 Å². The van der Waals surface area contributed by atoms with E-state index in [1.54, 1.807) is 6.07 Å². The maximum atomic E-state index is 12.5. The van der Waals surface area contributed by atoms with Crippen LogP contribution in [-0.2, 0) is 11.3 Å². The lowest BCUT2D eigenvalue weighted by Gasteiger charge is -2.31. The number of carbonyl (C=O) groups excluding carboxylic acids is 1. The molecule has 26 heavy (non-hydrogen) atoms. The van der Waals surface area contributed by atoms with Crippen LogP contribution in [0.15, 0.2) is 48.5 Å². The third kappa shape index (κ3) is 5.78. The number of amides is 1. The minimum Gasteiger partial charge on any atom is -0.379 e. The molecule has 0 bridgehead atoms. The number of hydrogen-bond acceptors (Lipinski definition) is 3. The number of nitrogens with one attached hydrogen (secondary N) is 3. The van der Waals surface area contributed by atoms with E-state index < -0.39 is 0 Å². The van der Waals surface area contributed by atoms with Crippen molar-refractivity contribution in [1.29, 1.82) is 0 Å². The first-order chi connectivity index (χ1) is 11.6. The van der Waals surface area contributed by atoms with E-state index in [4.69, 9.17) is 11.6 Å². The second kappa shape index (κ2) is 10.6. The molecule has 3 N–H and O–H groups in total. The smallest absolute Gasteiger partial charge is 0.227 e. The molecule has 1 fully saturated rings. The summed E-state index contributed by atoms with van der Waals surface area (Å²) in [6.45, 7) is 4.47. The highest BCUT2D eigenvalue weighted by Gasteiger charge is 2.29. The highest BCUT2D eigenvalue weighted by Crippen LogP contribution is 2.28. The fourth-order valence-electron chi connectivity index (χ4n) is 2.69. The molecule has 1 atom stereocenters. The number of hydrogen-bond donors (Lipinski definition) is 3. The Morgan fingerprint density at radius 2 is 1.85 bits per heavy atom. The summed E-state index contributed by atoms with van der Waals surface area (Å²) in [7, 11) is 0. The van der Waals surface area contributed by atoms with Crippen LogP contribution in [0.25, 0.3) is 0 Å². The minimum absolute atomic E-state index is 0. The second-order valence-corrected chi connectivity index (χ2v) is 6.66. The standard InChI is InChI=1S/C19H22ClN3O.2ClH/c1-13(15-11-21-12-15)19(24)23-18-9-16(20)7-8-17(18)22-10-14-5-3-2-4-6-14;;/h2-9,13,15,21-22H,10-12H2,1H3,(H,23,24);2*1H. The molecule has 142 valence electrons. The van der Waals surface area contributed by atoms with E-state index in [2.05, 4.69) is 28.1 Å². The van der Waals surface area contributed by atoms with Crippen LogP contribution in [0.2, 0.25) is 5.02 Å². The summed E-state index contributed by atoms with van der Waals surface area (Å²) in [6.07, 6.45) is 0. The van der Waals surface area contributed by atoms with Crippen LogP contribution >= 0.6 is 36.4 Å². The highest BCUT2D eigenvalue weighted by molar-refractivity contribution is 6.31. The Hall–Kier alpha value is -1.46. The molecule has 7 heteroatoms. The molecule has 3 rings (SSSR count). The molecular formula is C19H24Cl3N3O. The van der Waals surface area contributed by atoms with Gasteiger partial charge in [0.05, 0.1) is 11.4 Å². The van der Waals surface area contributed by atoms with Crippen molar-refractivity contribution in [3.8, 4) is 0 Å². The molecular weight excluding hydrogens is 393 g/mol. The number of anilines is 2. The molecule has 2 aromatic carbocycles. The van der Waals surface area contributed by atoms with Crippen molar-refractivity contribution in [3.05, 3.63) is 59.1 Å². The Balaban J connectivity index is 0.00000169. The van der Waals surface area contributed by atoms with Crippen molar-refractivity contribution >= 4 is 53.7 Å². The summed E-state index contributed by atoms with van der Waals surface area (Å²) in [4.78, 5) is 12.5. The fraction of sp³-hybridized carbons (Fsp3) is 0.316. The van der Waals surface area contributed by atoms with Crippen LogP contribution in [0, 0.1) is 11.8 Å². The van der Waals surface area contributed by atoms with Crippen LogP contribution in [0.3, 0.4) is 0 Å². The predicted octanol–water partition coefficient (Wildman–Crippen LogP) is 4.59. The topological polar surface area (TPSA) is 53.2 Å². The summed E-state index contributed by atoms with van der Waals surface area (Å²) in [5.41, 5.74) is 2.77. The van der Waals surface area contributed by atoms with Gasteiger partial charge in [-0.2, -0.15) is 0 Å². The maximum Gasteiger partial charge on any atom is 0.227 e. The fourth-order valence-corrected chi connectivity index (χ4v) is 2.86. The van der Waals surface area contributed by atoms with Gasteiger partial charge in [-0.05, 0) is 42.8 Å². The number of carbonyl (C=O) groups is 1. The quantitative estimate of drug-likeness (QED) is 0.645. The molecule has 1 aliphatic heterocycles. The molecule has 1 heterocycles. The predicted molar refractivity (Wildman–Crippen MR) is 114 cm³/mol. The van der Waals surface area contributed by atoms with E-state index in [-0.39, 0.29) is 36.6 Å². The first kappa shape index (κ1) is 22.6. The van der Waals surface area contributed by atoms with E-state index >= 15 is 0 Å². The Morgan fingerprint density at radius 1 is 1.15 bits per heavy atom. The van der Waals surface area contributed by atoms with Gasteiger partial charge in [-0.1, -0.05) is 48.9 Å². The van der Waals surface area contributed by atoms with E-state index in [1.807, 2.05) is 37.3 Å². The third-order valence-corrected chi connectivity index (χ3v) is 4.73. The average molecular weight is 417 g/mol. The maximum absolute atomic E-state index is 12.5. The van der Waals surface area contributed by atoms with Crippen LogP contribution in [-0.4, -0.2) is 19.0 Å². The van der Waals surface area contributed by atoms with Gasteiger partial charge < -0.3 is 16.0 Å². The molecule has 1 aliphatic rings. The molecule has 1 amide bonds. The lowest BCUT2D eigenvalue weighted by atomic mass is 9.88. The minimum atomic E-state index is -0.0211. The van der Waals surface area contributed by atoms with Gasteiger partial charge in [-0.25, -0.2) is 0 Å². The van der Waals surface area contributed by atoms with Crippen LogP contribution in [0.5, 0.6) is 0 Å². The molecule has 0 saturated carbocycles. The van der Waals surface area contributed by atoms with Crippen molar-refractivity contribution in [2.24, 2.45) is 11.8 Å². The van der Waals surface area contributed by atoms with Gasteiger partial charge in [0.15, 0.2) is 0 Å². The summed E-state index contributed by atoms with van der Waals surface area (Å²) >= 11 is 6.11. The van der Waals surface area contributed by atoms with E-state index in [9.17, 15) is 4.79 Å². The summed E-state index contributed by atoms with van der Waals surface area (Å²) < 4.78 is 0. The lowest BCUT2D eigenvalue weighted by molar-refractivity contribution is -0.121. The lowest BCUT2D eigenvalue weighted by Crippen LogP contribution is -2.48. The van der Waals surface area contributed by atoms with Crippen LogP contribution in [0.4, 0.5) is 11.4 Å². The number of halogens is 3. The molecule has 0 radical (unpaired) electrons. The monoisotopic (exact) mass is 415 g/mol. The normalized spacial score (nSPS) is 14.2. The summed E-state index contributed by atoms with van der Waals surface area (Å²) in [6, 6.07) is 15.7. The molecule has 1 unspecified atom stereocenters. The highest BCUT2D eigenvalue weighted by atomic mass is 35.5. The largest absolute Gasteiger partial charge is 0.379 e. The van der Waals surface area contributed by atoms with Gasteiger partial charge in [0.1, 0.15) is 0 Å². The van der Waals surface area contributed by atoms with Gasteiger partial charge in [-0.3, -0.25) is 4.79 Å². The zero-order chi connectivity index (χ0) is 16.9. The Morgan fingerprint density at radius 3 is 2.46 bits per heavy atom. The first-order valence-corrected chi connectivity index (χ1v) is 8.60. The van der Waals surface area contributed by atoms with Crippen molar-refractivity contribution in [1.82, 2.24) is 5.32 Å². The summed E-state index contributed by atoms with van der Waals surface area (Å²) in [5, 5.41) is 10.2. The van der Waals surface area contributed by atoms with Crippen molar-refractivity contribution < 1.29 is 4.79 Å². The van der Waals surface area contributed by atoms with E-state index in [1.165, 1.54) is 5.56 Å². The zero-order valence-corrected chi connectivity index (χ0v) is 16.9. The van der Waals surface area contributed by atoms with Gasteiger partial charge >= 0.3 is 0 Å². The average Bonchev–Trinajstić information content (AvgIpc) is 2.53. The first-order valence-electron chi connectivity index (χ1n) is 8.22. The van der Waals surface area contributed by atoms with Crippen molar-refractivity contribution in [2.75, 3.05) is 23.7 Å². The SMILES string of the molecule is CC(C(=O)Nc1cc(Cl)ccc1NCc1ccccc1)C1CNC1.Cl.Cl. The van der Waals surface area contributed by atoms with Crippen LogP contribution in [0.1, 0.15) is 12.5 Å². The third-order valence-electron chi connectivity index (χ3n) is 4.50. The Kier molecular flexibility index (Phi) is 9.23. The van der Waals surface area contributed by atoms with Crippen molar-refractivity contribution in [3.63, 3.8) is 0 Å². The molecule has 4 nitrogen and oxygen atoms in total. The summed E-state index contributed by atoms with van der Waals surface area (Å²) in [5.74, 6) is 0.420. The molecule has 2 aromatic rings. The van der Waals surface area contributed by atoms with Gasteiger partial charge in [0.2, 0.25) is 5.91 Å².